The van der Waals surface area contributed by atoms with Gasteiger partial charge in [-0.1, -0.05) is 73.5 Å². The molecular weight excluding hydrogens is 535 g/mol. The van der Waals surface area contributed by atoms with Gasteiger partial charge in [0.05, 0.1) is 11.4 Å². The Morgan fingerprint density at radius 1 is 1.03 bits per heavy atom. The lowest BCUT2D eigenvalue weighted by molar-refractivity contribution is 0.0587. The number of carbonyl (C=O) groups is 1. The van der Waals surface area contributed by atoms with Crippen molar-refractivity contribution in [2.45, 2.75) is 39.7 Å². The topological polar surface area (TPSA) is 108 Å². The summed E-state index contributed by atoms with van der Waals surface area (Å²) in [7, 11) is 0. The van der Waals surface area contributed by atoms with Gasteiger partial charge in [0, 0.05) is 35.2 Å². The van der Waals surface area contributed by atoms with Gasteiger partial charge in [0.25, 0.3) is 5.91 Å². The number of hydrogen-bond acceptors (Lipinski definition) is 4. The summed E-state index contributed by atoms with van der Waals surface area (Å²) in [5.74, 6) is 0.337. The van der Waals surface area contributed by atoms with Crippen LogP contribution in [0.4, 0.5) is 0 Å². The van der Waals surface area contributed by atoms with Crippen molar-refractivity contribution in [3.05, 3.63) is 116 Å². The summed E-state index contributed by atoms with van der Waals surface area (Å²) >= 11 is 6.27. The molecule has 208 valence electrons. The van der Waals surface area contributed by atoms with Gasteiger partial charge in [-0.15, -0.1) is 12.4 Å². The highest BCUT2D eigenvalue weighted by Gasteiger charge is 2.33. The Hall–Kier alpha value is -3.16. The molecule has 0 radical (unpaired) electrons. The van der Waals surface area contributed by atoms with Crippen LogP contribution in [0.5, 0.6) is 0 Å². The van der Waals surface area contributed by atoms with Gasteiger partial charge < -0.3 is 20.5 Å². The summed E-state index contributed by atoms with van der Waals surface area (Å²) in [5, 5.41) is 0.953. The van der Waals surface area contributed by atoms with Crippen molar-refractivity contribution in [2.75, 3.05) is 13.1 Å². The van der Waals surface area contributed by atoms with Crippen LogP contribution in [-0.4, -0.2) is 29.4 Å². The maximum Gasteiger partial charge on any atom is 0.254 e. The van der Waals surface area contributed by atoms with Gasteiger partial charge in [-0.2, -0.15) is 0 Å². The molecule has 1 aromatic heterocycles. The quantitative estimate of drug-likeness (QED) is 0.261. The lowest BCUT2D eigenvalue weighted by Crippen LogP contribution is -2.40. The molecule has 0 saturated heterocycles. The van der Waals surface area contributed by atoms with Gasteiger partial charge in [0.2, 0.25) is 0 Å². The average Bonchev–Trinajstić information content (AvgIpc) is 2.88. The van der Waals surface area contributed by atoms with Crippen LogP contribution in [0.2, 0.25) is 5.02 Å². The van der Waals surface area contributed by atoms with E-state index >= 15 is 0 Å². The monoisotopic (exact) mass is 570 g/mol. The predicted molar refractivity (Wildman–Crippen MR) is 161 cm³/mol. The molecule has 0 saturated carbocycles. The second-order valence-corrected chi connectivity index (χ2v) is 10.2. The van der Waals surface area contributed by atoms with Crippen molar-refractivity contribution >= 4 is 40.9 Å². The van der Waals surface area contributed by atoms with Crippen LogP contribution in [-0.2, 0) is 6.42 Å². The van der Waals surface area contributed by atoms with E-state index < -0.39 is 6.04 Å². The minimum Gasteiger partial charge on any atom is -0.458 e. The molecule has 0 aliphatic heterocycles. The molecule has 0 aliphatic rings. The highest BCUT2D eigenvalue weighted by atomic mass is 35.5. The summed E-state index contributed by atoms with van der Waals surface area (Å²) in [6, 6.07) is 21.9. The van der Waals surface area contributed by atoms with Crippen molar-refractivity contribution < 1.29 is 14.7 Å². The molecule has 4 N–H and O–H groups in total. The fourth-order valence-electron chi connectivity index (χ4n) is 4.72. The van der Waals surface area contributed by atoms with E-state index in [4.69, 9.17) is 21.8 Å². The number of aryl methyl sites for hydroxylation is 1. The predicted octanol–water partition coefficient (Wildman–Crippen LogP) is 6.13. The molecule has 6 nitrogen and oxygen atoms in total. The van der Waals surface area contributed by atoms with Gasteiger partial charge in [-0.05, 0) is 55.6 Å². The number of fused-ring (bicyclic) bond motifs is 1. The summed E-state index contributed by atoms with van der Waals surface area (Å²) in [6.45, 7) is 6.95. The van der Waals surface area contributed by atoms with Crippen LogP contribution in [0, 0.1) is 12.8 Å². The molecule has 3 aromatic carbocycles. The lowest BCUT2D eigenvalue weighted by Gasteiger charge is -2.35. The van der Waals surface area contributed by atoms with Crippen LogP contribution in [0.1, 0.15) is 59.1 Å². The molecule has 0 fully saturated rings. The zero-order chi connectivity index (χ0) is 26.5. The summed E-state index contributed by atoms with van der Waals surface area (Å²) < 4.78 is 6.51. The molecule has 4 rings (SSSR count). The molecule has 4 aromatic rings. The van der Waals surface area contributed by atoms with Gasteiger partial charge in [-0.3, -0.25) is 9.59 Å². The van der Waals surface area contributed by atoms with Crippen molar-refractivity contribution in [2.24, 2.45) is 11.7 Å². The van der Waals surface area contributed by atoms with E-state index in [0.717, 1.165) is 11.1 Å². The van der Waals surface area contributed by atoms with E-state index in [1.807, 2.05) is 80.3 Å². The third-order valence-electron chi connectivity index (χ3n) is 6.60. The van der Waals surface area contributed by atoms with Crippen LogP contribution in [0.3, 0.4) is 0 Å². The molecule has 0 aliphatic carbocycles. The Kier molecular flexibility index (Phi) is 11.7. The first-order valence-electron chi connectivity index (χ1n) is 12.7. The second-order valence-electron chi connectivity index (χ2n) is 9.77. The van der Waals surface area contributed by atoms with E-state index in [1.54, 1.807) is 18.2 Å². The van der Waals surface area contributed by atoms with Gasteiger partial charge in [-0.25, -0.2) is 0 Å². The zero-order valence-electron chi connectivity index (χ0n) is 22.4. The standard InChI is InChI=1S/C31H33ClN2O3.ClH.H2O/c1-20(2)28(34(17-7-16-33)31(36)23-12-10-21(3)11-13-23)30-26(18-22-8-5-4-6-9-22)29(35)25-15-14-24(32)19-27(25)37-30;;/h4-6,8-15,19-20,28H,7,16-18,33H2,1-3H3;1H;1H2/t28-;;/m1../s1. The maximum absolute atomic E-state index is 13.9. The Labute approximate surface area is 240 Å². The summed E-state index contributed by atoms with van der Waals surface area (Å²) in [6.07, 6.45) is 1.02. The molecular formula is C31H36Cl2N2O4. The van der Waals surface area contributed by atoms with Crippen LogP contribution >= 0.6 is 24.0 Å². The van der Waals surface area contributed by atoms with Crippen molar-refractivity contribution in [3.8, 4) is 0 Å². The number of nitrogens with two attached hydrogens (primary N) is 1. The fourth-order valence-corrected chi connectivity index (χ4v) is 4.89. The Morgan fingerprint density at radius 3 is 2.31 bits per heavy atom. The van der Waals surface area contributed by atoms with Crippen molar-refractivity contribution in [3.63, 3.8) is 0 Å². The first-order valence-corrected chi connectivity index (χ1v) is 13.0. The number of amides is 1. The molecule has 1 atom stereocenters. The molecule has 0 unspecified atom stereocenters. The minimum absolute atomic E-state index is 0. The van der Waals surface area contributed by atoms with Gasteiger partial charge in [0.1, 0.15) is 11.3 Å². The third-order valence-corrected chi connectivity index (χ3v) is 6.84. The number of benzene rings is 3. The molecule has 8 heteroatoms. The van der Waals surface area contributed by atoms with E-state index in [2.05, 4.69) is 0 Å². The van der Waals surface area contributed by atoms with Gasteiger partial charge in [0.15, 0.2) is 5.43 Å². The average molecular weight is 572 g/mol. The Morgan fingerprint density at radius 2 is 1.69 bits per heavy atom. The first kappa shape index (κ1) is 32.1. The van der Waals surface area contributed by atoms with E-state index in [9.17, 15) is 9.59 Å². The zero-order valence-corrected chi connectivity index (χ0v) is 24.0. The van der Waals surface area contributed by atoms with Gasteiger partial charge >= 0.3 is 0 Å². The van der Waals surface area contributed by atoms with Crippen LogP contribution in [0.15, 0.2) is 82.0 Å². The molecule has 0 bridgehead atoms. The summed E-state index contributed by atoms with van der Waals surface area (Å²) in [4.78, 5) is 29.6. The van der Waals surface area contributed by atoms with Crippen LogP contribution < -0.4 is 11.2 Å². The van der Waals surface area contributed by atoms with Crippen molar-refractivity contribution in [1.82, 2.24) is 4.90 Å². The maximum atomic E-state index is 13.9. The second kappa shape index (κ2) is 14.3. The lowest BCUT2D eigenvalue weighted by atomic mass is 9.91. The smallest absolute Gasteiger partial charge is 0.254 e. The number of hydrogen-bond donors (Lipinski definition) is 1. The first-order chi connectivity index (χ1) is 17.8. The molecule has 1 amide bonds. The molecule has 0 spiro atoms. The number of rotatable bonds is 9. The minimum atomic E-state index is -0.477. The van der Waals surface area contributed by atoms with Crippen molar-refractivity contribution in [1.29, 1.82) is 0 Å². The number of halogens is 2. The van der Waals surface area contributed by atoms with E-state index in [1.165, 1.54) is 0 Å². The Balaban J connectivity index is 0.00000267. The van der Waals surface area contributed by atoms with E-state index in [-0.39, 0.29) is 35.1 Å². The Bertz CT molecular complexity index is 1440. The third kappa shape index (κ3) is 7.28. The highest BCUT2D eigenvalue weighted by Crippen LogP contribution is 2.35. The molecule has 1 heterocycles. The number of nitrogens with zero attached hydrogens (tertiary/aromatic N) is 1. The SMILES string of the molecule is Cc1ccc(C(=O)N(CCCN)[C@@H](c2oc3cc(Cl)ccc3c(=O)c2Cc2ccccc2)C(C)C)cc1.Cl.O. The van der Waals surface area contributed by atoms with Crippen LogP contribution in [0.25, 0.3) is 11.0 Å². The van der Waals surface area contributed by atoms with E-state index in [0.29, 0.717) is 58.8 Å². The molecule has 39 heavy (non-hydrogen) atoms. The highest BCUT2D eigenvalue weighted by molar-refractivity contribution is 6.31. The largest absolute Gasteiger partial charge is 0.458 e. The number of carbonyl (C=O) groups excluding carboxylic acids is 1. The normalized spacial score (nSPS) is 11.5. The fraction of sp³-hybridized carbons (Fsp3) is 0.290. The summed E-state index contributed by atoms with van der Waals surface area (Å²) in [5.41, 5.74) is 9.38.